The van der Waals surface area contributed by atoms with E-state index in [1.807, 2.05) is 18.2 Å². The Morgan fingerprint density at radius 3 is 2.85 bits per heavy atom. The Morgan fingerprint density at radius 1 is 1.30 bits per heavy atom. The van der Waals surface area contributed by atoms with Gasteiger partial charge in [-0.3, -0.25) is 20.4 Å². The standard InChI is InChI=1S/C15H14N2O3/c1-2-15-12-8-7-10(9-13(12)16-20-15)11-5-3-4-6-14(11)17(18)19/h3-9,15-16H,2H2,1H3. The zero-order valence-corrected chi connectivity index (χ0v) is 11.0. The van der Waals surface area contributed by atoms with Crippen molar-refractivity contribution >= 4 is 11.4 Å². The molecule has 0 bridgehead atoms. The first-order valence-electron chi connectivity index (χ1n) is 6.50. The average Bonchev–Trinajstić information content (AvgIpc) is 2.89. The molecule has 0 aromatic heterocycles. The van der Waals surface area contributed by atoms with Crippen molar-refractivity contribution in [3.05, 3.63) is 58.1 Å². The number of nitrogens with one attached hydrogen (secondary N) is 1. The lowest BCUT2D eigenvalue weighted by Crippen LogP contribution is -1.95. The van der Waals surface area contributed by atoms with E-state index in [1.54, 1.807) is 18.2 Å². The summed E-state index contributed by atoms with van der Waals surface area (Å²) in [6, 6.07) is 12.5. The maximum absolute atomic E-state index is 11.1. The molecule has 0 saturated carbocycles. The molecular formula is C15H14N2O3. The van der Waals surface area contributed by atoms with Crippen LogP contribution in [-0.2, 0) is 4.84 Å². The third kappa shape index (κ3) is 2.02. The number of anilines is 1. The van der Waals surface area contributed by atoms with Crippen LogP contribution in [0.1, 0.15) is 25.0 Å². The third-order valence-corrected chi connectivity index (χ3v) is 3.49. The van der Waals surface area contributed by atoms with E-state index in [2.05, 4.69) is 12.4 Å². The topological polar surface area (TPSA) is 64.4 Å². The monoisotopic (exact) mass is 270 g/mol. The van der Waals surface area contributed by atoms with Gasteiger partial charge in [-0.1, -0.05) is 31.2 Å². The molecule has 1 aliphatic rings. The first kappa shape index (κ1) is 12.6. The van der Waals surface area contributed by atoms with Gasteiger partial charge >= 0.3 is 0 Å². The number of fused-ring (bicyclic) bond motifs is 1. The van der Waals surface area contributed by atoms with Gasteiger partial charge in [-0.15, -0.1) is 0 Å². The molecule has 2 aromatic carbocycles. The fourth-order valence-electron chi connectivity index (χ4n) is 2.47. The second kappa shape index (κ2) is 4.94. The molecule has 0 aliphatic carbocycles. The highest BCUT2D eigenvalue weighted by Crippen LogP contribution is 2.39. The summed E-state index contributed by atoms with van der Waals surface area (Å²) in [4.78, 5) is 16.2. The second-order valence-corrected chi connectivity index (χ2v) is 4.69. The van der Waals surface area contributed by atoms with Crippen LogP contribution in [0, 0.1) is 10.1 Å². The van der Waals surface area contributed by atoms with Crippen LogP contribution in [0.3, 0.4) is 0 Å². The number of nitro benzene ring substituents is 1. The number of para-hydroxylation sites is 1. The number of hydrogen-bond acceptors (Lipinski definition) is 4. The maximum atomic E-state index is 11.1. The average molecular weight is 270 g/mol. The molecular weight excluding hydrogens is 256 g/mol. The summed E-state index contributed by atoms with van der Waals surface area (Å²) in [6.07, 6.45) is 0.926. The summed E-state index contributed by atoms with van der Waals surface area (Å²) in [7, 11) is 0. The Hall–Kier alpha value is -2.40. The predicted molar refractivity (Wildman–Crippen MR) is 76.3 cm³/mol. The molecule has 20 heavy (non-hydrogen) atoms. The second-order valence-electron chi connectivity index (χ2n) is 4.69. The smallest absolute Gasteiger partial charge is 0.268 e. The Bertz CT molecular complexity index is 670. The van der Waals surface area contributed by atoms with Crippen LogP contribution in [0.5, 0.6) is 0 Å². The largest absolute Gasteiger partial charge is 0.277 e. The van der Waals surface area contributed by atoms with E-state index in [4.69, 9.17) is 4.84 Å². The molecule has 3 rings (SSSR count). The fourth-order valence-corrected chi connectivity index (χ4v) is 2.47. The predicted octanol–water partition coefficient (Wildman–Crippen LogP) is 4.07. The summed E-state index contributed by atoms with van der Waals surface area (Å²) in [5, 5.41) is 11.1. The van der Waals surface area contributed by atoms with Crippen LogP contribution in [-0.4, -0.2) is 4.92 Å². The quantitative estimate of drug-likeness (QED) is 0.674. The van der Waals surface area contributed by atoms with Crippen molar-refractivity contribution in [3.8, 4) is 11.1 Å². The van der Waals surface area contributed by atoms with Crippen LogP contribution in [0.25, 0.3) is 11.1 Å². The molecule has 5 heteroatoms. The van der Waals surface area contributed by atoms with E-state index in [1.165, 1.54) is 6.07 Å². The maximum Gasteiger partial charge on any atom is 0.277 e. The minimum Gasteiger partial charge on any atom is -0.268 e. The van der Waals surface area contributed by atoms with E-state index in [0.717, 1.165) is 23.2 Å². The van der Waals surface area contributed by atoms with Crippen molar-refractivity contribution in [3.63, 3.8) is 0 Å². The first-order chi connectivity index (χ1) is 9.70. The molecule has 1 atom stereocenters. The fraction of sp³-hybridized carbons (Fsp3) is 0.200. The van der Waals surface area contributed by atoms with Gasteiger partial charge in [0.1, 0.15) is 6.10 Å². The van der Waals surface area contributed by atoms with Gasteiger partial charge in [0.15, 0.2) is 0 Å². The van der Waals surface area contributed by atoms with E-state index in [0.29, 0.717) is 5.56 Å². The van der Waals surface area contributed by atoms with Gasteiger partial charge in [-0.2, -0.15) is 0 Å². The molecule has 0 spiro atoms. The van der Waals surface area contributed by atoms with Crippen molar-refractivity contribution in [2.24, 2.45) is 0 Å². The lowest BCUT2D eigenvalue weighted by Gasteiger charge is -2.06. The molecule has 1 N–H and O–H groups in total. The van der Waals surface area contributed by atoms with Gasteiger partial charge in [0.25, 0.3) is 5.69 Å². The minimum atomic E-state index is -0.360. The number of hydrogen-bond donors (Lipinski definition) is 1. The SMILES string of the molecule is CCC1ONc2cc(-c3ccccc3[N+](=O)[O-])ccc21. The Balaban J connectivity index is 2.07. The number of nitro groups is 1. The van der Waals surface area contributed by atoms with E-state index in [-0.39, 0.29) is 16.7 Å². The Morgan fingerprint density at radius 2 is 2.10 bits per heavy atom. The first-order valence-corrected chi connectivity index (χ1v) is 6.50. The summed E-state index contributed by atoms with van der Waals surface area (Å²) in [5.74, 6) is 0. The van der Waals surface area contributed by atoms with Crippen LogP contribution >= 0.6 is 0 Å². The van der Waals surface area contributed by atoms with Crippen molar-refractivity contribution in [1.29, 1.82) is 0 Å². The van der Waals surface area contributed by atoms with Crippen molar-refractivity contribution < 1.29 is 9.76 Å². The number of nitrogens with zero attached hydrogens (tertiary/aromatic N) is 1. The molecule has 1 heterocycles. The number of benzene rings is 2. The molecule has 0 amide bonds. The molecule has 1 unspecified atom stereocenters. The van der Waals surface area contributed by atoms with Crippen molar-refractivity contribution in [2.45, 2.75) is 19.4 Å². The highest BCUT2D eigenvalue weighted by Gasteiger charge is 2.23. The van der Waals surface area contributed by atoms with Gasteiger partial charge in [-0.05, 0) is 24.1 Å². The van der Waals surface area contributed by atoms with E-state index in [9.17, 15) is 10.1 Å². The molecule has 0 fully saturated rings. The summed E-state index contributed by atoms with van der Waals surface area (Å²) in [6.45, 7) is 2.05. The zero-order valence-electron chi connectivity index (χ0n) is 11.0. The van der Waals surface area contributed by atoms with Gasteiger partial charge in [0.05, 0.1) is 16.2 Å². The normalized spacial score (nSPS) is 16.6. The molecule has 1 aliphatic heterocycles. The molecule has 0 radical (unpaired) electrons. The van der Waals surface area contributed by atoms with E-state index < -0.39 is 0 Å². The highest BCUT2D eigenvalue weighted by molar-refractivity contribution is 5.77. The van der Waals surface area contributed by atoms with Crippen LogP contribution < -0.4 is 5.48 Å². The lowest BCUT2D eigenvalue weighted by molar-refractivity contribution is -0.384. The lowest BCUT2D eigenvalue weighted by atomic mass is 9.98. The Kier molecular flexibility index (Phi) is 3.12. The van der Waals surface area contributed by atoms with Gasteiger partial charge in [-0.25, -0.2) is 0 Å². The third-order valence-electron chi connectivity index (χ3n) is 3.49. The van der Waals surface area contributed by atoms with Crippen molar-refractivity contribution in [1.82, 2.24) is 0 Å². The van der Waals surface area contributed by atoms with Crippen LogP contribution in [0.15, 0.2) is 42.5 Å². The van der Waals surface area contributed by atoms with Crippen molar-refractivity contribution in [2.75, 3.05) is 5.48 Å². The van der Waals surface area contributed by atoms with E-state index >= 15 is 0 Å². The number of rotatable bonds is 3. The summed E-state index contributed by atoms with van der Waals surface area (Å²) in [5.41, 5.74) is 6.40. The molecule has 0 saturated heterocycles. The molecule has 102 valence electrons. The zero-order chi connectivity index (χ0) is 14.1. The van der Waals surface area contributed by atoms with Crippen LogP contribution in [0.2, 0.25) is 0 Å². The molecule has 5 nitrogen and oxygen atoms in total. The highest BCUT2D eigenvalue weighted by atomic mass is 16.7. The summed E-state index contributed by atoms with van der Waals surface area (Å²) >= 11 is 0. The summed E-state index contributed by atoms with van der Waals surface area (Å²) < 4.78 is 0. The van der Waals surface area contributed by atoms with Gasteiger partial charge in [0.2, 0.25) is 0 Å². The van der Waals surface area contributed by atoms with Gasteiger partial charge in [0, 0.05) is 11.6 Å². The Labute approximate surface area is 116 Å². The van der Waals surface area contributed by atoms with Crippen LogP contribution in [0.4, 0.5) is 11.4 Å². The minimum absolute atomic E-state index is 0.0461. The molecule has 2 aromatic rings. The van der Waals surface area contributed by atoms with Gasteiger partial charge < -0.3 is 0 Å².